The molecule has 128 valence electrons. The fourth-order valence-corrected chi connectivity index (χ4v) is 3.21. The molecule has 1 aliphatic heterocycles. The van der Waals surface area contributed by atoms with E-state index in [-0.39, 0.29) is 18.1 Å². The molecule has 22 heavy (non-hydrogen) atoms. The van der Waals surface area contributed by atoms with Gasteiger partial charge in [0.1, 0.15) is 5.60 Å². The molecule has 5 nitrogen and oxygen atoms in total. The summed E-state index contributed by atoms with van der Waals surface area (Å²) in [5, 5.41) is 12.9. The Morgan fingerprint density at radius 3 is 2.50 bits per heavy atom. The van der Waals surface area contributed by atoms with Crippen LogP contribution in [-0.4, -0.2) is 42.7 Å². The molecule has 0 spiro atoms. The van der Waals surface area contributed by atoms with Gasteiger partial charge in [0.2, 0.25) is 0 Å². The van der Waals surface area contributed by atoms with Gasteiger partial charge in [-0.15, -0.1) is 0 Å². The van der Waals surface area contributed by atoms with Crippen molar-refractivity contribution in [3.8, 4) is 0 Å². The molecule has 2 atom stereocenters. The predicted molar refractivity (Wildman–Crippen MR) is 84.7 cm³/mol. The molecule has 2 N–H and O–H groups in total. The highest BCUT2D eigenvalue weighted by Crippen LogP contribution is 2.43. The summed E-state index contributed by atoms with van der Waals surface area (Å²) in [6, 6.07) is 0. The van der Waals surface area contributed by atoms with Gasteiger partial charge >= 0.3 is 6.09 Å². The molecule has 0 aromatic carbocycles. The molecule has 2 fully saturated rings. The van der Waals surface area contributed by atoms with Gasteiger partial charge in [-0.3, -0.25) is 0 Å². The average molecular weight is 313 g/mol. The van der Waals surface area contributed by atoms with E-state index in [1.165, 1.54) is 12.8 Å². The molecule has 0 aromatic heterocycles. The number of alkyl carbamates (subject to hydrolysis) is 1. The van der Waals surface area contributed by atoms with Crippen molar-refractivity contribution < 1.29 is 19.4 Å². The number of hydrogen-bond acceptors (Lipinski definition) is 4. The molecule has 0 radical (unpaired) electrons. The van der Waals surface area contributed by atoms with Crippen molar-refractivity contribution in [2.45, 2.75) is 71.0 Å². The second-order valence-electron chi connectivity index (χ2n) is 8.00. The summed E-state index contributed by atoms with van der Waals surface area (Å²) in [7, 11) is 0. The van der Waals surface area contributed by atoms with Gasteiger partial charge < -0.3 is 19.9 Å². The fraction of sp³-hybridized carbons (Fsp3) is 0.941. The number of carbonyl (C=O) groups excluding carboxylic acids is 1. The van der Waals surface area contributed by atoms with Crippen LogP contribution in [0.3, 0.4) is 0 Å². The number of aliphatic hydroxyl groups is 1. The van der Waals surface area contributed by atoms with Gasteiger partial charge in [-0.25, -0.2) is 4.79 Å². The van der Waals surface area contributed by atoms with Gasteiger partial charge in [-0.2, -0.15) is 0 Å². The Morgan fingerprint density at radius 2 is 2.00 bits per heavy atom. The molecule has 2 unspecified atom stereocenters. The molecule has 2 aliphatic rings. The lowest BCUT2D eigenvalue weighted by molar-refractivity contribution is 0.0158. The highest BCUT2D eigenvalue weighted by Gasteiger charge is 2.39. The number of amides is 1. The van der Waals surface area contributed by atoms with E-state index < -0.39 is 11.7 Å². The zero-order valence-electron chi connectivity index (χ0n) is 14.2. The highest BCUT2D eigenvalue weighted by atomic mass is 16.6. The first-order valence-corrected chi connectivity index (χ1v) is 8.51. The van der Waals surface area contributed by atoms with Crippen LogP contribution in [0.2, 0.25) is 0 Å². The van der Waals surface area contributed by atoms with E-state index in [1.807, 2.05) is 20.8 Å². The zero-order valence-corrected chi connectivity index (χ0v) is 14.2. The first kappa shape index (κ1) is 17.5. The second kappa shape index (κ2) is 7.18. The third-order valence-corrected chi connectivity index (χ3v) is 4.45. The molecule has 1 aliphatic carbocycles. The van der Waals surface area contributed by atoms with Crippen LogP contribution in [0.4, 0.5) is 4.79 Å². The summed E-state index contributed by atoms with van der Waals surface area (Å²) in [6.07, 6.45) is 6.20. The van der Waals surface area contributed by atoms with Gasteiger partial charge in [0.25, 0.3) is 0 Å². The maximum atomic E-state index is 11.9. The lowest BCUT2D eigenvalue weighted by Gasteiger charge is -2.34. The lowest BCUT2D eigenvalue weighted by Crippen LogP contribution is -2.44. The molecule has 1 saturated carbocycles. The monoisotopic (exact) mass is 313 g/mol. The SMILES string of the molecule is CC(C)(C)OC(=O)NCC(CO)(CC1CC1)CC1CCCO1. The Labute approximate surface area is 133 Å². The number of carbonyl (C=O) groups is 1. The highest BCUT2D eigenvalue weighted by molar-refractivity contribution is 5.67. The first-order valence-electron chi connectivity index (χ1n) is 8.51. The molecule has 1 amide bonds. The van der Waals surface area contributed by atoms with Crippen LogP contribution in [0.5, 0.6) is 0 Å². The second-order valence-corrected chi connectivity index (χ2v) is 8.00. The molecule has 0 bridgehead atoms. The summed E-state index contributed by atoms with van der Waals surface area (Å²) in [6.45, 7) is 6.90. The quantitative estimate of drug-likeness (QED) is 0.758. The van der Waals surface area contributed by atoms with E-state index in [0.29, 0.717) is 12.5 Å². The van der Waals surface area contributed by atoms with Crippen molar-refractivity contribution in [1.29, 1.82) is 0 Å². The van der Waals surface area contributed by atoms with Crippen LogP contribution in [0, 0.1) is 11.3 Å². The predicted octanol–water partition coefficient (Wildman–Crippen LogP) is 2.86. The standard InChI is InChI=1S/C17H31NO4/c1-16(2,3)22-15(20)18-11-17(12-19,9-13-6-7-13)10-14-5-4-8-21-14/h13-14,19H,4-12H2,1-3H3,(H,18,20). The van der Waals surface area contributed by atoms with Crippen molar-refractivity contribution >= 4 is 6.09 Å². The maximum absolute atomic E-state index is 11.9. The number of hydrogen-bond donors (Lipinski definition) is 2. The van der Waals surface area contributed by atoms with Gasteiger partial charge in [0.05, 0.1) is 12.7 Å². The third-order valence-electron chi connectivity index (χ3n) is 4.45. The van der Waals surface area contributed by atoms with Gasteiger partial charge in [0, 0.05) is 18.6 Å². The van der Waals surface area contributed by atoms with E-state index in [4.69, 9.17) is 9.47 Å². The van der Waals surface area contributed by atoms with Gasteiger partial charge in [-0.05, 0) is 52.4 Å². The van der Waals surface area contributed by atoms with Gasteiger partial charge in [0.15, 0.2) is 0 Å². The van der Waals surface area contributed by atoms with Crippen molar-refractivity contribution in [2.24, 2.45) is 11.3 Å². The normalized spacial score (nSPS) is 24.8. The van der Waals surface area contributed by atoms with E-state index in [2.05, 4.69) is 5.32 Å². The molecule has 5 heteroatoms. The Kier molecular flexibility index (Phi) is 5.72. The zero-order chi connectivity index (χ0) is 16.2. The summed E-state index contributed by atoms with van der Waals surface area (Å²) in [4.78, 5) is 11.9. The molecular formula is C17H31NO4. The third kappa shape index (κ3) is 5.76. The summed E-state index contributed by atoms with van der Waals surface area (Å²) in [5.41, 5.74) is -0.788. The molecule has 0 aromatic rings. The molecule has 2 rings (SSSR count). The molecule has 1 saturated heterocycles. The van der Waals surface area contributed by atoms with Crippen LogP contribution in [0.25, 0.3) is 0 Å². The van der Waals surface area contributed by atoms with Crippen molar-refractivity contribution in [3.63, 3.8) is 0 Å². The Hall–Kier alpha value is -0.810. The van der Waals surface area contributed by atoms with E-state index in [1.54, 1.807) is 0 Å². The van der Waals surface area contributed by atoms with Crippen LogP contribution in [0.15, 0.2) is 0 Å². The van der Waals surface area contributed by atoms with Crippen LogP contribution in [0.1, 0.15) is 59.3 Å². The Bertz CT molecular complexity index is 369. The van der Waals surface area contributed by atoms with Crippen LogP contribution < -0.4 is 5.32 Å². The largest absolute Gasteiger partial charge is 0.444 e. The van der Waals surface area contributed by atoms with Crippen molar-refractivity contribution in [2.75, 3.05) is 19.8 Å². The minimum Gasteiger partial charge on any atom is -0.444 e. The van der Waals surface area contributed by atoms with Crippen molar-refractivity contribution in [3.05, 3.63) is 0 Å². The maximum Gasteiger partial charge on any atom is 0.407 e. The summed E-state index contributed by atoms with van der Waals surface area (Å²) in [5.74, 6) is 0.689. The lowest BCUT2D eigenvalue weighted by atomic mass is 9.77. The number of rotatable bonds is 7. The van der Waals surface area contributed by atoms with E-state index in [9.17, 15) is 9.90 Å². The number of aliphatic hydroxyl groups excluding tert-OH is 1. The van der Waals surface area contributed by atoms with E-state index in [0.717, 1.165) is 32.3 Å². The van der Waals surface area contributed by atoms with Crippen LogP contribution >= 0.6 is 0 Å². The summed E-state index contributed by atoms with van der Waals surface area (Å²) < 4.78 is 11.0. The average Bonchev–Trinajstić information content (AvgIpc) is 3.08. The Morgan fingerprint density at radius 1 is 1.27 bits per heavy atom. The minimum atomic E-state index is -0.503. The topological polar surface area (TPSA) is 67.8 Å². The number of ether oxygens (including phenoxy) is 2. The van der Waals surface area contributed by atoms with Crippen LogP contribution in [-0.2, 0) is 9.47 Å². The fourth-order valence-electron chi connectivity index (χ4n) is 3.21. The Balaban J connectivity index is 1.91. The number of nitrogens with one attached hydrogen (secondary N) is 1. The smallest absolute Gasteiger partial charge is 0.407 e. The minimum absolute atomic E-state index is 0.0825. The van der Waals surface area contributed by atoms with Gasteiger partial charge in [-0.1, -0.05) is 12.8 Å². The first-order chi connectivity index (χ1) is 10.3. The summed E-state index contributed by atoms with van der Waals surface area (Å²) >= 11 is 0. The molecule has 1 heterocycles. The van der Waals surface area contributed by atoms with E-state index >= 15 is 0 Å². The van der Waals surface area contributed by atoms with Crippen molar-refractivity contribution in [1.82, 2.24) is 5.32 Å². The molecular weight excluding hydrogens is 282 g/mol.